The van der Waals surface area contributed by atoms with Crippen molar-refractivity contribution in [1.29, 1.82) is 0 Å². The second kappa shape index (κ2) is 7.35. The quantitative estimate of drug-likeness (QED) is 0.713. The smallest absolute Gasteiger partial charge is 0.241 e. The molecule has 0 bridgehead atoms. The number of hydrogen-bond acceptors (Lipinski definition) is 4. The minimum absolute atomic E-state index is 0.197. The van der Waals surface area contributed by atoms with Crippen molar-refractivity contribution in [1.82, 2.24) is 10.0 Å². The standard InChI is InChI=1S/C18H21N3O3S/c1-13(22)21-17-6-7-18(16-5-3-2-4-15(16)17)25(23,24)20-12-14-8-10-19-11-9-14/h2-8,19-20H,9-12H2,1H3,(H,21,22). The molecule has 1 aliphatic heterocycles. The summed E-state index contributed by atoms with van der Waals surface area (Å²) in [5.74, 6) is -0.197. The molecule has 7 heteroatoms. The third kappa shape index (κ3) is 4.07. The van der Waals surface area contributed by atoms with E-state index < -0.39 is 10.0 Å². The summed E-state index contributed by atoms with van der Waals surface area (Å²) in [6.07, 6.45) is 2.86. The fraction of sp³-hybridized carbons (Fsp3) is 0.278. The lowest BCUT2D eigenvalue weighted by Gasteiger charge is -2.16. The van der Waals surface area contributed by atoms with Crippen molar-refractivity contribution in [3.63, 3.8) is 0 Å². The zero-order valence-corrected chi connectivity index (χ0v) is 14.8. The van der Waals surface area contributed by atoms with Gasteiger partial charge in [-0.25, -0.2) is 13.1 Å². The van der Waals surface area contributed by atoms with Crippen molar-refractivity contribution in [3.05, 3.63) is 48.0 Å². The highest BCUT2D eigenvalue weighted by Crippen LogP contribution is 2.29. The molecule has 0 unspecified atom stereocenters. The lowest BCUT2D eigenvalue weighted by molar-refractivity contribution is -0.114. The minimum atomic E-state index is -3.66. The van der Waals surface area contributed by atoms with E-state index in [-0.39, 0.29) is 10.8 Å². The monoisotopic (exact) mass is 359 g/mol. The van der Waals surface area contributed by atoms with Gasteiger partial charge in [0.25, 0.3) is 0 Å². The Balaban J connectivity index is 1.94. The Kier molecular flexibility index (Phi) is 5.17. The van der Waals surface area contributed by atoms with Crippen LogP contribution >= 0.6 is 0 Å². The molecule has 132 valence electrons. The van der Waals surface area contributed by atoms with Gasteiger partial charge in [-0.15, -0.1) is 0 Å². The number of carbonyl (C=O) groups excluding carboxylic acids is 1. The SMILES string of the molecule is CC(=O)Nc1ccc(S(=O)(=O)NCC2=CCNCC2)c2ccccc12. The van der Waals surface area contributed by atoms with Crippen LogP contribution in [0.15, 0.2) is 52.9 Å². The van der Waals surface area contributed by atoms with Gasteiger partial charge in [0.1, 0.15) is 0 Å². The molecule has 1 aliphatic rings. The van der Waals surface area contributed by atoms with Gasteiger partial charge in [-0.1, -0.05) is 35.9 Å². The van der Waals surface area contributed by atoms with Crippen LogP contribution in [0.2, 0.25) is 0 Å². The number of rotatable bonds is 5. The third-order valence-corrected chi connectivity index (χ3v) is 5.59. The Morgan fingerprint density at radius 3 is 2.60 bits per heavy atom. The summed E-state index contributed by atoms with van der Waals surface area (Å²) < 4.78 is 28.2. The van der Waals surface area contributed by atoms with Crippen LogP contribution in [0.3, 0.4) is 0 Å². The molecule has 0 saturated carbocycles. The number of sulfonamides is 1. The van der Waals surface area contributed by atoms with Crippen molar-refractivity contribution < 1.29 is 13.2 Å². The van der Waals surface area contributed by atoms with Gasteiger partial charge >= 0.3 is 0 Å². The van der Waals surface area contributed by atoms with Gasteiger partial charge in [-0.3, -0.25) is 4.79 Å². The summed E-state index contributed by atoms with van der Waals surface area (Å²) in [5, 5.41) is 7.22. The Bertz CT molecular complexity index is 936. The van der Waals surface area contributed by atoms with E-state index in [0.29, 0.717) is 23.0 Å². The zero-order valence-electron chi connectivity index (χ0n) is 14.0. The van der Waals surface area contributed by atoms with E-state index in [4.69, 9.17) is 0 Å². The molecule has 3 rings (SSSR count). The number of benzene rings is 2. The number of hydrogen-bond donors (Lipinski definition) is 3. The average molecular weight is 359 g/mol. The molecule has 0 saturated heterocycles. The lowest BCUT2D eigenvalue weighted by atomic mass is 10.1. The van der Waals surface area contributed by atoms with Crippen LogP contribution < -0.4 is 15.4 Å². The first-order valence-electron chi connectivity index (χ1n) is 8.15. The predicted octanol–water partition coefficient (Wildman–Crippen LogP) is 2.00. The molecule has 1 amide bonds. The van der Waals surface area contributed by atoms with Gasteiger partial charge in [0.05, 0.1) is 4.90 Å². The van der Waals surface area contributed by atoms with Crippen LogP contribution in [-0.4, -0.2) is 34.0 Å². The highest BCUT2D eigenvalue weighted by molar-refractivity contribution is 7.89. The molecule has 0 spiro atoms. The molecule has 6 nitrogen and oxygen atoms in total. The Labute approximate surface area is 147 Å². The Morgan fingerprint density at radius 2 is 1.92 bits per heavy atom. The Hall–Kier alpha value is -2.22. The van der Waals surface area contributed by atoms with Gasteiger partial charge < -0.3 is 10.6 Å². The molecule has 25 heavy (non-hydrogen) atoms. The average Bonchev–Trinajstić information content (AvgIpc) is 2.61. The highest BCUT2D eigenvalue weighted by Gasteiger charge is 2.19. The van der Waals surface area contributed by atoms with E-state index in [2.05, 4.69) is 15.4 Å². The van der Waals surface area contributed by atoms with Crippen LogP contribution in [0.4, 0.5) is 5.69 Å². The fourth-order valence-electron chi connectivity index (χ4n) is 2.90. The molecule has 0 fully saturated rings. The molecule has 0 aliphatic carbocycles. The summed E-state index contributed by atoms with van der Waals surface area (Å²) in [7, 11) is -3.66. The molecule has 0 aromatic heterocycles. The molecule has 0 radical (unpaired) electrons. The molecule has 2 aromatic carbocycles. The fourth-order valence-corrected chi connectivity index (χ4v) is 4.15. The normalized spacial score (nSPS) is 15.0. The minimum Gasteiger partial charge on any atom is -0.326 e. The number of carbonyl (C=O) groups is 1. The van der Waals surface area contributed by atoms with Crippen LogP contribution in [0.1, 0.15) is 13.3 Å². The second-order valence-electron chi connectivity index (χ2n) is 5.98. The predicted molar refractivity (Wildman–Crippen MR) is 99.0 cm³/mol. The maximum absolute atomic E-state index is 12.8. The lowest BCUT2D eigenvalue weighted by Crippen LogP contribution is -2.29. The molecule has 3 N–H and O–H groups in total. The van der Waals surface area contributed by atoms with E-state index in [1.54, 1.807) is 24.3 Å². The molecule has 0 atom stereocenters. The van der Waals surface area contributed by atoms with Crippen LogP contribution in [-0.2, 0) is 14.8 Å². The largest absolute Gasteiger partial charge is 0.326 e. The molecule has 2 aromatic rings. The number of anilines is 1. The zero-order chi connectivity index (χ0) is 17.9. The summed E-state index contributed by atoms with van der Waals surface area (Å²) in [4.78, 5) is 11.6. The van der Waals surface area contributed by atoms with Crippen LogP contribution in [0, 0.1) is 0 Å². The second-order valence-corrected chi connectivity index (χ2v) is 7.71. The molecule has 1 heterocycles. The number of amides is 1. The van der Waals surface area contributed by atoms with Crippen LogP contribution in [0.5, 0.6) is 0 Å². The number of nitrogens with one attached hydrogen (secondary N) is 3. The first-order chi connectivity index (χ1) is 12.0. The summed E-state index contributed by atoms with van der Waals surface area (Å²) in [6, 6.07) is 10.3. The maximum Gasteiger partial charge on any atom is 0.241 e. The van der Waals surface area contributed by atoms with Gasteiger partial charge in [-0.2, -0.15) is 0 Å². The summed E-state index contributed by atoms with van der Waals surface area (Å²) >= 11 is 0. The summed E-state index contributed by atoms with van der Waals surface area (Å²) in [5.41, 5.74) is 1.68. The topological polar surface area (TPSA) is 87.3 Å². The van der Waals surface area contributed by atoms with Crippen molar-refractivity contribution >= 4 is 32.4 Å². The highest BCUT2D eigenvalue weighted by atomic mass is 32.2. The van der Waals surface area contributed by atoms with Crippen molar-refractivity contribution in [3.8, 4) is 0 Å². The van der Waals surface area contributed by atoms with Gasteiger partial charge in [0, 0.05) is 36.5 Å². The van der Waals surface area contributed by atoms with Crippen LogP contribution in [0.25, 0.3) is 10.8 Å². The van der Waals surface area contributed by atoms with E-state index in [0.717, 1.165) is 25.1 Å². The van der Waals surface area contributed by atoms with E-state index in [1.807, 2.05) is 12.1 Å². The van der Waals surface area contributed by atoms with E-state index >= 15 is 0 Å². The van der Waals surface area contributed by atoms with Crippen molar-refractivity contribution in [2.75, 3.05) is 25.0 Å². The van der Waals surface area contributed by atoms with Gasteiger partial charge in [0.2, 0.25) is 15.9 Å². The van der Waals surface area contributed by atoms with Gasteiger partial charge in [0.15, 0.2) is 0 Å². The van der Waals surface area contributed by atoms with Crippen molar-refractivity contribution in [2.45, 2.75) is 18.2 Å². The Morgan fingerprint density at radius 1 is 1.16 bits per heavy atom. The molecular weight excluding hydrogens is 338 g/mol. The molecular formula is C18H21N3O3S. The number of fused-ring (bicyclic) bond motifs is 1. The first kappa shape index (κ1) is 17.6. The van der Waals surface area contributed by atoms with E-state index in [1.165, 1.54) is 13.0 Å². The third-order valence-electron chi connectivity index (χ3n) is 4.13. The summed E-state index contributed by atoms with van der Waals surface area (Å²) in [6.45, 7) is 3.37. The van der Waals surface area contributed by atoms with E-state index in [9.17, 15) is 13.2 Å². The first-order valence-corrected chi connectivity index (χ1v) is 9.63. The van der Waals surface area contributed by atoms with Crippen molar-refractivity contribution in [2.24, 2.45) is 0 Å². The maximum atomic E-state index is 12.8. The van der Waals surface area contributed by atoms with Gasteiger partial charge in [-0.05, 0) is 25.1 Å².